The summed E-state index contributed by atoms with van der Waals surface area (Å²) in [5.41, 5.74) is 0. The zero-order valence-electron chi connectivity index (χ0n) is 13.1. The molecule has 9 nitrogen and oxygen atoms in total. The predicted octanol–water partition coefficient (Wildman–Crippen LogP) is -0.977. The number of aliphatic hydroxyl groups is 1. The van der Waals surface area contributed by atoms with Crippen molar-refractivity contribution in [3.05, 3.63) is 0 Å². The van der Waals surface area contributed by atoms with Crippen molar-refractivity contribution >= 4 is 47.0 Å². The lowest BCUT2D eigenvalue weighted by molar-refractivity contribution is -0.157. The second-order valence-corrected chi connectivity index (χ2v) is 6.45. The zero-order chi connectivity index (χ0) is 18.7. The van der Waals surface area contributed by atoms with Crippen molar-refractivity contribution in [2.24, 2.45) is 0 Å². The molecule has 0 radical (unpaired) electrons. The summed E-state index contributed by atoms with van der Waals surface area (Å²) in [4.78, 5) is 49.3. The maximum Gasteiger partial charge on any atom is 0.329 e. The van der Waals surface area contributed by atoms with Crippen LogP contribution in [0.3, 0.4) is 0 Å². The number of carbonyl (C=O) groups excluding carboxylic acids is 3. The SMILES string of the molecule is O=C(O)[C@@H]1C[C@H](OC(=O)[C@@H]2C[C@H](O)CN2C(=O)CCl)CN1C(=O)CCl. The molecule has 2 aliphatic rings. The van der Waals surface area contributed by atoms with E-state index in [0.717, 1.165) is 9.80 Å². The Morgan fingerprint density at radius 3 is 2.04 bits per heavy atom. The molecule has 0 aromatic rings. The van der Waals surface area contributed by atoms with Crippen LogP contribution in [0.15, 0.2) is 0 Å². The number of carbonyl (C=O) groups is 4. The molecule has 140 valence electrons. The Morgan fingerprint density at radius 1 is 0.960 bits per heavy atom. The summed E-state index contributed by atoms with van der Waals surface area (Å²) in [6.45, 7) is -0.114. The van der Waals surface area contributed by atoms with Gasteiger partial charge >= 0.3 is 11.9 Å². The van der Waals surface area contributed by atoms with E-state index in [4.69, 9.17) is 27.9 Å². The van der Waals surface area contributed by atoms with Crippen molar-refractivity contribution in [1.29, 1.82) is 0 Å². The van der Waals surface area contributed by atoms with E-state index in [1.54, 1.807) is 0 Å². The van der Waals surface area contributed by atoms with E-state index in [-0.39, 0.29) is 37.7 Å². The quantitative estimate of drug-likeness (QED) is 0.452. The zero-order valence-corrected chi connectivity index (χ0v) is 14.6. The lowest BCUT2D eigenvalue weighted by atomic mass is 10.2. The molecule has 2 aliphatic heterocycles. The third-order valence-electron chi connectivity index (χ3n) is 4.25. The van der Waals surface area contributed by atoms with Gasteiger partial charge in [0.25, 0.3) is 0 Å². The highest BCUT2D eigenvalue weighted by molar-refractivity contribution is 6.27. The minimum atomic E-state index is -1.22. The molecule has 2 fully saturated rings. The van der Waals surface area contributed by atoms with Crippen LogP contribution < -0.4 is 0 Å². The van der Waals surface area contributed by atoms with Crippen LogP contribution in [0.5, 0.6) is 0 Å². The van der Waals surface area contributed by atoms with Gasteiger partial charge < -0.3 is 24.7 Å². The number of aliphatic hydroxyl groups excluding tert-OH is 1. The molecule has 0 aromatic heterocycles. The highest BCUT2D eigenvalue weighted by atomic mass is 35.5. The van der Waals surface area contributed by atoms with E-state index in [1.165, 1.54) is 0 Å². The molecule has 2 rings (SSSR count). The average molecular weight is 397 g/mol. The Morgan fingerprint density at radius 2 is 1.52 bits per heavy atom. The predicted molar refractivity (Wildman–Crippen MR) is 85.2 cm³/mol. The van der Waals surface area contributed by atoms with Gasteiger partial charge in [-0.1, -0.05) is 0 Å². The summed E-state index contributed by atoms with van der Waals surface area (Å²) in [5, 5.41) is 18.9. The maximum atomic E-state index is 12.4. The Hall–Kier alpha value is -1.58. The van der Waals surface area contributed by atoms with Gasteiger partial charge in [-0.05, 0) is 0 Å². The summed E-state index contributed by atoms with van der Waals surface area (Å²) in [7, 11) is 0. The fraction of sp³-hybridized carbons (Fsp3) is 0.714. The van der Waals surface area contributed by atoms with Gasteiger partial charge in [-0.3, -0.25) is 9.59 Å². The van der Waals surface area contributed by atoms with E-state index < -0.39 is 48.0 Å². The topological polar surface area (TPSA) is 124 Å². The van der Waals surface area contributed by atoms with E-state index >= 15 is 0 Å². The number of carboxylic acid groups (broad SMARTS) is 1. The minimum absolute atomic E-state index is 0.0147. The summed E-state index contributed by atoms with van der Waals surface area (Å²) in [6.07, 6.45) is -1.75. The molecule has 0 unspecified atom stereocenters. The van der Waals surface area contributed by atoms with E-state index in [2.05, 4.69) is 0 Å². The van der Waals surface area contributed by atoms with Gasteiger partial charge in [0, 0.05) is 19.4 Å². The number of esters is 1. The molecule has 0 aromatic carbocycles. The van der Waals surface area contributed by atoms with Crippen molar-refractivity contribution < 1.29 is 34.1 Å². The molecular formula is C14H18Cl2N2O7. The van der Waals surface area contributed by atoms with E-state index in [0.29, 0.717) is 0 Å². The summed E-state index contributed by atoms with van der Waals surface area (Å²) in [6, 6.07) is -2.11. The van der Waals surface area contributed by atoms with E-state index in [1.807, 2.05) is 0 Å². The number of hydrogen-bond donors (Lipinski definition) is 2. The van der Waals surface area contributed by atoms with Gasteiger partial charge in [-0.25, -0.2) is 9.59 Å². The number of rotatable bonds is 5. The van der Waals surface area contributed by atoms with Gasteiger partial charge in [-0.15, -0.1) is 23.2 Å². The van der Waals surface area contributed by atoms with Crippen LogP contribution in [0, 0.1) is 0 Å². The molecule has 11 heteroatoms. The van der Waals surface area contributed by atoms with Gasteiger partial charge in [0.15, 0.2) is 0 Å². The van der Waals surface area contributed by atoms with Crippen molar-refractivity contribution in [3.8, 4) is 0 Å². The van der Waals surface area contributed by atoms with Crippen molar-refractivity contribution in [3.63, 3.8) is 0 Å². The number of likely N-dealkylation sites (tertiary alicyclic amines) is 2. The van der Waals surface area contributed by atoms with Crippen LogP contribution in [0.4, 0.5) is 0 Å². The fourth-order valence-electron chi connectivity index (χ4n) is 3.10. The van der Waals surface area contributed by atoms with Crippen LogP contribution in [-0.2, 0) is 23.9 Å². The highest BCUT2D eigenvalue weighted by Gasteiger charge is 2.44. The minimum Gasteiger partial charge on any atom is -0.480 e. The number of aliphatic carboxylic acids is 1. The Kier molecular flexibility index (Phi) is 6.47. The van der Waals surface area contributed by atoms with Gasteiger partial charge in [-0.2, -0.15) is 0 Å². The molecule has 0 aliphatic carbocycles. The third kappa shape index (κ3) is 4.34. The van der Waals surface area contributed by atoms with Crippen molar-refractivity contribution in [2.45, 2.75) is 37.1 Å². The van der Waals surface area contributed by atoms with Crippen LogP contribution in [-0.4, -0.2) is 92.9 Å². The Labute approximate surface area is 153 Å². The monoisotopic (exact) mass is 396 g/mol. The number of β-amino-alcohol motifs (C(OH)–C–C–N with tert-alkyl or cyclic N) is 1. The first-order valence-corrected chi connectivity index (χ1v) is 8.67. The van der Waals surface area contributed by atoms with Gasteiger partial charge in [0.05, 0.1) is 12.6 Å². The lowest BCUT2D eigenvalue weighted by Gasteiger charge is -2.23. The number of ether oxygens (including phenoxy) is 1. The molecule has 0 bridgehead atoms. The standard InChI is InChI=1S/C14H18Cl2N2O7/c15-3-11(20)17-5-7(19)1-10(17)14(24)25-8-2-9(13(22)23)18(6-8)12(21)4-16/h7-10,19H,1-6H2,(H,22,23)/t7-,8-,9-,10-/m0/s1. The number of hydrogen-bond acceptors (Lipinski definition) is 6. The lowest BCUT2D eigenvalue weighted by Crippen LogP contribution is -2.43. The molecule has 0 saturated carbocycles. The first-order chi connectivity index (χ1) is 11.8. The number of alkyl halides is 2. The van der Waals surface area contributed by atoms with E-state index in [9.17, 15) is 29.4 Å². The average Bonchev–Trinajstić information content (AvgIpc) is 3.17. The van der Waals surface area contributed by atoms with Crippen molar-refractivity contribution in [2.75, 3.05) is 24.8 Å². The smallest absolute Gasteiger partial charge is 0.329 e. The third-order valence-corrected chi connectivity index (χ3v) is 4.71. The molecule has 25 heavy (non-hydrogen) atoms. The molecule has 2 N–H and O–H groups in total. The van der Waals surface area contributed by atoms with Gasteiger partial charge in [0.2, 0.25) is 11.8 Å². The first-order valence-electron chi connectivity index (χ1n) is 7.60. The second-order valence-electron chi connectivity index (χ2n) is 5.91. The normalized spacial score (nSPS) is 28.9. The van der Waals surface area contributed by atoms with Crippen LogP contribution in [0.2, 0.25) is 0 Å². The number of carboxylic acids is 1. The molecule has 4 atom stereocenters. The molecule has 0 spiro atoms. The number of nitrogens with zero attached hydrogens (tertiary/aromatic N) is 2. The van der Waals surface area contributed by atoms with Crippen LogP contribution in [0.25, 0.3) is 0 Å². The Bertz CT molecular complexity index is 573. The Balaban J connectivity index is 2.04. The van der Waals surface area contributed by atoms with Crippen LogP contribution in [0.1, 0.15) is 12.8 Å². The largest absolute Gasteiger partial charge is 0.480 e. The molecular weight excluding hydrogens is 379 g/mol. The second kappa shape index (κ2) is 8.20. The highest BCUT2D eigenvalue weighted by Crippen LogP contribution is 2.25. The maximum absolute atomic E-state index is 12.4. The van der Waals surface area contributed by atoms with Crippen LogP contribution >= 0.6 is 23.2 Å². The van der Waals surface area contributed by atoms with Crippen molar-refractivity contribution in [1.82, 2.24) is 9.80 Å². The number of amides is 2. The first kappa shape index (κ1) is 19.7. The summed E-state index contributed by atoms with van der Waals surface area (Å²) in [5.74, 6) is -3.76. The molecule has 2 heterocycles. The number of halogens is 2. The van der Waals surface area contributed by atoms with Gasteiger partial charge in [0.1, 0.15) is 29.9 Å². The fourth-order valence-corrected chi connectivity index (χ4v) is 3.41. The summed E-state index contributed by atoms with van der Waals surface area (Å²) >= 11 is 11.0. The summed E-state index contributed by atoms with van der Waals surface area (Å²) < 4.78 is 5.29. The molecule has 2 amide bonds. The molecule has 2 saturated heterocycles.